The quantitative estimate of drug-likeness (QED) is 0.215. The fourth-order valence-corrected chi connectivity index (χ4v) is 4.85. The Hall–Kier alpha value is -4.10. The predicted octanol–water partition coefficient (Wildman–Crippen LogP) is 5.40. The molecule has 168 valence electrons. The van der Waals surface area contributed by atoms with E-state index in [1.54, 1.807) is 53.9 Å². The molecule has 0 aliphatic carbocycles. The highest BCUT2D eigenvalue weighted by Crippen LogP contribution is 2.42. The Labute approximate surface area is 200 Å². The van der Waals surface area contributed by atoms with Gasteiger partial charge in [0.15, 0.2) is 5.78 Å². The zero-order valence-corrected chi connectivity index (χ0v) is 19.1. The summed E-state index contributed by atoms with van der Waals surface area (Å²) in [6, 6.07) is 24.3. The molecule has 5 rings (SSSR count). The van der Waals surface area contributed by atoms with Gasteiger partial charge in [0.1, 0.15) is 23.2 Å². The van der Waals surface area contributed by atoms with Gasteiger partial charge in [-0.25, -0.2) is 4.98 Å². The monoisotopic (exact) mass is 468 g/mol. The van der Waals surface area contributed by atoms with Gasteiger partial charge in [-0.05, 0) is 60.3 Å². The van der Waals surface area contributed by atoms with E-state index >= 15 is 0 Å². The van der Waals surface area contributed by atoms with E-state index in [-0.39, 0.29) is 5.78 Å². The molecule has 1 fully saturated rings. The van der Waals surface area contributed by atoms with Crippen molar-refractivity contribution in [2.24, 2.45) is 5.92 Å². The van der Waals surface area contributed by atoms with Crippen LogP contribution >= 0.6 is 11.3 Å². The number of carbonyl (C=O) groups excluding carboxylic acids is 3. The molecule has 1 aliphatic rings. The van der Waals surface area contributed by atoms with E-state index < -0.39 is 23.7 Å². The number of thiophene rings is 1. The van der Waals surface area contributed by atoms with E-state index in [9.17, 15) is 14.4 Å². The number of carbonyl (C=O) groups is 3. The van der Waals surface area contributed by atoms with Crippen LogP contribution in [0.1, 0.15) is 27.0 Å². The molecule has 0 N–H and O–H groups in total. The number of Topliss-reactive ketones (excluding diaryl/α,β-unsaturated/α-hetero) is 2. The second kappa shape index (κ2) is 9.03. The molecule has 0 spiro atoms. The molecule has 2 aromatic carbocycles. The molecule has 3 heterocycles. The third-order valence-corrected chi connectivity index (χ3v) is 6.54. The van der Waals surface area contributed by atoms with Crippen molar-refractivity contribution in [1.29, 1.82) is 0 Å². The predicted molar refractivity (Wildman–Crippen MR) is 129 cm³/mol. The number of anilines is 1. The van der Waals surface area contributed by atoms with Crippen LogP contribution < -0.4 is 9.64 Å². The van der Waals surface area contributed by atoms with Crippen LogP contribution in [-0.4, -0.2) is 22.5 Å². The first-order chi connectivity index (χ1) is 16.5. The molecule has 1 saturated heterocycles. The minimum absolute atomic E-state index is 0.333. The van der Waals surface area contributed by atoms with E-state index in [1.165, 1.54) is 16.2 Å². The first-order valence-electron chi connectivity index (χ1n) is 10.7. The zero-order chi connectivity index (χ0) is 23.7. The minimum Gasteiger partial charge on any atom is -0.457 e. The van der Waals surface area contributed by atoms with Crippen LogP contribution in [0.3, 0.4) is 0 Å². The van der Waals surface area contributed by atoms with E-state index in [2.05, 4.69) is 4.98 Å². The maximum atomic E-state index is 13.4. The largest absolute Gasteiger partial charge is 0.457 e. The summed E-state index contributed by atoms with van der Waals surface area (Å²) in [6.45, 7) is 1.81. The molecular formula is C27H20N2O4S. The van der Waals surface area contributed by atoms with Gasteiger partial charge >= 0.3 is 0 Å². The Morgan fingerprint density at radius 3 is 2.41 bits per heavy atom. The maximum Gasteiger partial charge on any atom is 0.297 e. The Kier molecular flexibility index (Phi) is 5.77. The van der Waals surface area contributed by atoms with E-state index in [0.29, 0.717) is 33.5 Å². The summed E-state index contributed by atoms with van der Waals surface area (Å²) in [5.74, 6) is -1.51. The van der Waals surface area contributed by atoms with Crippen molar-refractivity contribution in [3.63, 3.8) is 0 Å². The van der Waals surface area contributed by atoms with Crippen LogP contribution in [0.25, 0.3) is 0 Å². The van der Waals surface area contributed by atoms with Crippen LogP contribution in [-0.2, 0) is 9.59 Å². The Morgan fingerprint density at radius 1 is 0.912 bits per heavy atom. The summed E-state index contributed by atoms with van der Waals surface area (Å²) in [4.78, 5) is 46.1. The summed E-state index contributed by atoms with van der Waals surface area (Å²) in [6.07, 6.45) is 0. The highest BCUT2D eigenvalue weighted by Gasteiger charge is 2.53. The summed E-state index contributed by atoms with van der Waals surface area (Å²) < 4.78 is 5.97. The molecule has 34 heavy (non-hydrogen) atoms. The lowest BCUT2D eigenvalue weighted by Crippen LogP contribution is -2.31. The van der Waals surface area contributed by atoms with Gasteiger partial charge in [0.05, 0.1) is 10.9 Å². The van der Waals surface area contributed by atoms with Crippen LogP contribution in [0.5, 0.6) is 11.5 Å². The van der Waals surface area contributed by atoms with E-state index in [0.717, 1.165) is 0 Å². The lowest BCUT2D eigenvalue weighted by Gasteiger charge is -2.26. The Balaban J connectivity index is 1.61. The number of amides is 1. The number of nitrogens with zero attached hydrogens (tertiary/aromatic N) is 2. The smallest absolute Gasteiger partial charge is 0.297 e. The van der Waals surface area contributed by atoms with Crippen molar-refractivity contribution in [2.75, 3.05) is 4.90 Å². The Morgan fingerprint density at radius 2 is 1.68 bits per heavy atom. The van der Waals surface area contributed by atoms with Crippen LogP contribution in [0.15, 0.2) is 90.3 Å². The highest BCUT2D eigenvalue weighted by atomic mass is 32.1. The molecular weight excluding hydrogens is 448 g/mol. The number of ketones is 2. The molecule has 0 bridgehead atoms. The number of ether oxygens (including phenoxy) is 1. The molecule has 4 aromatic rings. The summed E-state index contributed by atoms with van der Waals surface area (Å²) in [5, 5.41) is 1.78. The van der Waals surface area contributed by atoms with Gasteiger partial charge in [0, 0.05) is 5.69 Å². The second-order valence-corrected chi connectivity index (χ2v) is 8.88. The number of aryl methyl sites for hydroxylation is 1. The second-order valence-electron chi connectivity index (χ2n) is 7.93. The first-order valence-corrected chi connectivity index (χ1v) is 11.6. The number of hydrogen-bond acceptors (Lipinski definition) is 6. The van der Waals surface area contributed by atoms with Crippen LogP contribution in [0.4, 0.5) is 5.82 Å². The van der Waals surface area contributed by atoms with Gasteiger partial charge in [0.2, 0.25) is 5.78 Å². The van der Waals surface area contributed by atoms with E-state index in [1.807, 2.05) is 43.3 Å². The fourth-order valence-electron chi connectivity index (χ4n) is 4.14. The number of aromatic nitrogens is 1. The Bertz CT molecular complexity index is 1370. The van der Waals surface area contributed by atoms with Gasteiger partial charge < -0.3 is 4.74 Å². The highest BCUT2D eigenvalue weighted by molar-refractivity contribution is 7.12. The molecule has 1 amide bonds. The molecule has 2 aromatic heterocycles. The van der Waals surface area contributed by atoms with Gasteiger partial charge in [0.25, 0.3) is 5.91 Å². The van der Waals surface area contributed by atoms with Crippen molar-refractivity contribution < 1.29 is 19.1 Å². The molecule has 2 atom stereocenters. The van der Waals surface area contributed by atoms with Crippen molar-refractivity contribution in [3.05, 3.63) is 106 Å². The zero-order valence-electron chi connectivity index (χ0n) is 18.3. The third-order valence-electron chi connectivity index (χ3n) is 5.65. The minimum atomic E-state index is -1.18. The standard InChI is InChI=1S/C27H20N2O4S/c1-17-8-5-14-22(28-17)29-24(23(26(31)27(29)32)25(30)21-13-7-15-34-21)18-9-6-12-20(16-18)33-19-10-3-2-4-11-19/h2-16,23-24H,1H3. The fraction of sp³-hybridized carbons (Fsp3) is 0.111. The molecule has 7 heteroatoms. The average molecular weight is 469 g/mol. The lowest BCUT2D eigenvalue weighted by atomic mass is 9.88. The van der Waals surface area contributed by atoms with Gasteiger partial charge in [-0.3, -0.25) is 19.3 Å². The molecule has 2 unspecified atom stereocenters. The molecule has 1 aliphatic heterocycles. The van der Waals surface area contributed by atoms with Crippen molar-refractivity contribution in [1.82, 2.24) is 4.98 Å². The summed E-state index contributed by atoms with van der Waals surface area (Å²) in [7, 11) is 0. The summed E-state index contributed by atoms with van der Waals surface area (Å²) in [5.41, 5.74) is 1.32. The van der Waals surface area contributed by atoms with Crippen molar-refractivity contribution in [3.8, 4) is 11.5 Å². The summed E-state index contributed by atoms with van der Waals surface area (Å²) >= 11 is 1.25. The van der Waals surface area contributed by atoms with Crippen molar-refractivity contribution >= 4 is 34.6 Å². The normalized spacial score (nSPS) is 17.7. The van der Waals surface area contributed by atoms with Gasteiger partial charge in [-0.1, -0.05) is 42.5 Å². The number of para-hydroxylation sites is 1. The first kappa shape index (κ1) is 21.7. The number of rotatable bonds is 6. The molecule has 0 radical (unpaired) electrons. The lowest BCUT2D eigenvalue weighted by molar-refractivity contribution is -0.135. The topological polar surface area (TPSA) is 76.6 Å². The number of benzene rings is 2. The SMILES string of the molecule is Cc1cccc(N2C(=O)C(=O)C(C(=O)c3cccs3)C2c2cccc(Oc3ccccc3)c2)n1. The van der Waals surface area contributed by atoms with Gasteiger partial charge in [-0.15, -0.1) is 11.3 Å². The van der Waals surface area contributed by atoms with Crippen molar-refractivity contribution in [2.45, 2.75) is 13.0 Å². The number of pyridine rings is 1. The molecule has 6 nitrogen and oxygen atoms in total. The number of hydrogen-bond donors (Lipinski definition) is 0. The van der Waals surface area contributed by atoms with Crippen LogP contribution in [0.2, 0.25) is 0 Å². The van der Waals surface area contributed by atoms with Crippen LogP contribution in [0, 0.1) is 12.8 Å². The maximum absolute atomic E-state index is 13.4. The average Bonchev–Trinajstić information content (AvgIpc) is 3.47. The third kappa shape index (κ3) is 4.02. The van der Waals surface area contributed by atoms with Gasteiger partial charge in [-0.2, -0.15) is 0 Å². The molecule has 0 saturated carbocycles. The van der Waals surface area contributed by atoms with E-state index in [4.69, 9.17) is 4.74 Å².